The Balaban J connectivity index is 1.85. The molecule has 32 heavy (non-hydrogen) atoms. The molecule has 0 radical (unpaired) electrons. The van der Waals surface area contributed by atoms with Crippen LogP contribution in [0.25, 0.3) is 0 Å². The fraction of sp³-hybridized carbons (Fsp3) is 0.545. The van der Waals surface area contributed by atoms with E-state index in [1.807, 2.05) is 23.7 Å². The van der Waals surface area contributed by atoms with E-state index in [-0.39, 0.29) is 22.9 Å². The SMILES string of the molecule is Cc1cc(N)c(N(C)CC2(C)CCSCC2)nc1Oc1ncc(F)cc1OCC(C)(F)F. The largest absolute Gasteiger partial charge is 0.482 e. The normalized spacial score (nSPS) is 16.0. The molecule has 3 rings (SSSR count). The predicted octanol–water partition coefficient (Wildman–Crippen LogP) is 5.30. The number of pyridine rings is 2. The summed E-state index contributed by atoms with van der Waals surface area (Å²) in [6, 6.07) is 2.69. The van der Waals surface area contributed by atoms with Gasteiger partial charge in [-0.1, -0.05) is 6.92 Å². The van der Waals surface area contributed by atoms with Crippen LogP contribution >= 0.6 is 11.8 Å². The molecule has 2 N–H and O–H groups in total. The van der Waals surface area contributed by atoms with E-state index in [0.717, 1.165) is 43.2 Å². The van der Waals surface area contributed by atoms with Gasteiger partial charge in [0, 0.05) is 32.1 Å². The van der Waals surface area contributed by atoms with E-state index in [9.17, 15) is 13.2 Å². The van der Waals surface area contributed by atoms with Crippen molar-refractivity contribution in [2.45, 2.75) is 39.5 Å². The van der Waals surface area contributed by atoms with Crippen molar-refractivity contribution in [2.75, 3.05) is 42.3 Å². The minimum atomic E-state index is -3.09. The number of nitrogens with two attached hydrogens (primary N) is 1. The molecule has 2 aromatic heterocycles. The number of nitrogens with zero attached hydrogens (tertiary/aromatic N) is 3. The molecule has 0 aliphatic carbocycles. The van der Waals surface area contributed by atoms with Crippen molar-refractivity contribution in [3.63, 3.8) is 0 Å². The first kappa shape index (κ1) is 24.3. The van der Waals surface area contributed by atoms with Crippen molar-refractivity contribution in [3.8, 4) is 17.5 Å². The first-order chi connectivity index (χ1) is 15.0. The number of aryl methyl sites for hydroxylation is 1. The van der Waals surface area contributed by atoms with E-state index in [1.165, 1.54) is 0 Å². The van der Waals surface area contributed by atoms with Crippen LogP contribution in [-0.2, 0) is 0 Å². The lowest BCUT2D eigenvalue weighted by Crippen LogP contribution is -2.37. The lowest BCUT2D eigenvalue weighted by Gasteiger charge is -2.37. The molecule has 0 spiro atoms. The number of alkyl halides is 2. The second-order valence-corrected chi connectivity index (χ2v) is 9.94. The number of aromatic nitrogens is 2. The Morgan fingerprint density at radius 2 is 1.94 bits per heavy atom. The highest BCUT2D eigenvalue weighted by Crippen LogP contribution is 2.38. The number of rotatable bonds is 8. The molecule has 3 heterocycles. The molecule has 2 aromatic rings. The summed E-state index contributed by atoms with van der Waals surface area (Å²) in [6.45, 7) is 4.57. The van der Waals surface area contributed by atoms with E-state index >= 15 is 0 Å². The zero-order valence-electron chi connectivity index (χ0n) is 18.8. The highest BCUT2D eigenvalue weighted by molar-refractivity contribution is 7.99. The second-order valence-electron chi connectivity index (χ2n) is 8.72. The van der Waals surface area contributed by atoms with Crippen LogP contribution in [0.3, 0.4) is 0 Å². The molecule has 1 aliphatic heterocycles. The van der Waals surface area contributed by atoms with Gasteiger partial charge in [-0.2, -0.15) is 16.7 Å². The first-order valence-electron chi connectivity index (χ1n) is 10.4. The van der Waals surface area contributed by atoms with Gasteiger partial charge in [-0.3, -0.25) is 0 Å². The number of thioether (sulfide) groups is 1. The van der Waals surface area contributed by atoms with Crippen molar-refractivity contribution < 1.29 is 22.6 Å². The maximum absolute atomic E-state index is 13.6. The average Bonchev–Trinajstić information content (AvgIpc) is 2.69. The molecule has 1 saturated heterocycles. The standard InChI is InChI=1S/C22H29F3N4O2S/c1-14-9-16(26)18(29(4)12-21(2)5-7-32-8-6-21)28-19(14)31-20-17(10-15(23)11-27-20)30-13-22(3,24)25/h9-11H,5-8,12-13,26H2,1-4H3. The lowest BCUT2D eigenvalue weighted by atomic mass is 9.84. The van der Waals surface area contributed by atoms with E-state index in [2.05, 4.69) is 16.9 Å². The van der Waals surface area contributed by atoms with Gasteiger partial charge in [-0.05, 0) is 42.8 Å². The van der Waals surface area contributed by atoms with Crippen molar-refractivity contribution in [1.29, 1.82) is 0 Å². The van der Waals surface area contributed by atoms with Gasteiger partial charge in [0.1, 0.15) is 5.82 Å². The Morgan fingerprint density at radius 3 is 2.59 bits per heavy atom. The zero-order chi connectivity index (χ0) is 23.5. The number of nitrogen functional groups attached to an aromatic ring is 1. The maximum atomic E-state index is 13.6. The third-order valence-corrected chi connectivity index (χ3v) is 6.30. The predicted molar refractivity (Wildman–Crippen MR) is 122 cm³/mol. The summed E-state index contributed by atoms with van der Waals surface area (Å²) in [5.41, 5.74) is 7.52. The first-order valence-corrected chi connectivity index (χ1v) is 11.5. The minimum absolute atomic E-state index is 0.152. The van der Waals surface area contributed by atoms with Gasteiger partial charge in [-0.15, -0.1) is 0 Å². The fourth-order valence-corrected chi connectivity index (χ4v) is 5.05. The van der Waals surface area contributed by atoms with Crippen LogP contribution in [0.4, 0.5) is 24.7 Å². The quantitative estimate of drug-likeness (QED) is 0.561. The Labute approximate surface area is 190 Å². The van der Waals surface area contributed by atoms with Crippen LogP contribution in [0.5, 0.6) is 17.5 Å². The van der Waals surface area contributed by atoms with Crippen molar-refractivity contribution in [3.05, 3.63) is 29.7 Å². The van der Waals surface area contributed by atoms with Gasteiger partial charge in [0.05, 0.1) is 11.9 Å². The van der Waals surface area contributed by atoms with Gasteiger partial charge in [0.25, 0.3) is 11.8 Å². The molecule has 1 aliphatic rings. The van der Waals surface area contributed by atoms with E-state index in [4.69, 9.17) is 15.2 Å². The Hall–Kier alpha value is -2.36. The zero-order valence-corrected chi connectivity index (χ0v) is 19.6. The Bertz CT molecular complexity index is 950. The Morgan fingerprint density at radius 1 is 1.25 bits per heavy atom. The summed E-state index contributed by atoms with van der Waals surface area (Å²) < 4.78 is 50.9. The summed E-state index contributed by atoms with van der Waals surface area (Å²) in [5.74, 6) is -1.20. The summed E-state index contributed by atoms with van der Waals surface area (Å²) in [7, 11) is 1.93. The van der Waals surface area contributed by atoms with Crippen molar-refractivity contribution >= 4 is 23.3 Å². The van der Waals surface area contributed by atoms with Gasteiger partial charge in [-0.25, -0.2) is 18.2 Å². The van der Waals surface area contributed by atoms with E-state index < -0.39 is 18.3 Å². The molecule has 0 amide bonds. The second kappa shape index (κ2) is 9.64. The number of ether oxygens (including phenoxy) is 2. The van der Waals surface area contributed by atoms with Crippen LogP contribution in [0, 0.1) is 18.2 Å². The molecule has 6 nitrogen and oxygen atoms in total. The minimum Gasteiger partial charge on any atom is -0.482 e. The van der Waals surface area contributed by atoms with Crippen LogP contribution in [-0.4, -0.2) is 47.6 Å². The van der Waals surface area contributed by atoms with Gasteiger partial charge >= 0.3 is 0 Å². The lowest BCUT2D eigenvalue weighted by molar-refractivity contribution is -0.0236. The van der Waals surface area contributed by atoms with Crippen LogP contribution < -0.4 is 20.1 Å². The van der Waals surface area contributed by atoms with Gasteiger partial charge < -0.3 is 20.1 Å². The molecular formula is C22H29F3N4O2S. The topological polar surface area (TPSA) is 73.5 Å². The third kappa shape index (κ3) is 6.34. The van der Waals surface area contributed by atoms with Gasteiger partial charge in [0.2, 0.25) is 5.88 Å². The summed E-state index contributed by atoms with van der Waals surface area (Å²) in [5, 5.41) is 0. The van der Waals surface area contributed by atoms with Crippen LogP contribution in [0.15, 0.2) is 18.3 Å². The number of hydrogen-bond donors (Lipinski definition) is 1. The van der Waals surface area contributed by atoms with E-state index in [1.54, 1.807) is 13.0 Å². The highest BCUT2D eigenvalue weighted by atomic mass is 32.2. The van der Waals surface area contributed by atoms with Crippen molar-refractivity contribution in [1.82, 2.24) is 9.97 Å². The average molecular weight is 471 g/mol. The monoisotopic (exact) mass is 470 g/mol. The van der Waals surface area contributed by atoms with Crippen LogP contribution in [0.1, 0.15) is 32.3 Å². The fourth-order valence-electron chi connectivity index (χ4n) is 3.57. The summed E-state index contributed by atoms with van der Waals surface area (Å²) in [6.07, 6.45) is 3.15. The summed E-state index contributed by atoms with van der Waals surface area (Å²) in [4.78, 5) is 10.4. The molecular weight excluding hydrogens is 441 g/mol. The molecule has 0 saturated carbocycles. The number of hydrogen-bond acceptors (Lipinski definition) is 7. The number of halogens is 3. The maximum Gasteiger partial charge on any atom is 0.278 e. The molecule has 0 atom stereocenters. The van der Waals surface area contributed by atoms with E-state index in [0.29, 0.717) is 24.0 Å². The summed E-state index contributed by atoms with van der Waals surface area (Å²) >= 11 is 1.97. The highest BCUT2D eigenvalue weighted by Gasteiger charge is 2.30. The third-order valence-electron chi connectivity index (χ3n) is 5.31. The van der Waals surface area contributed by atoms with Crippen LogP contribution in [0.2, 0.25) is 0 Å². The smallest absolute Gasteiger partial charge is 0.278 e. The molecule has 176 valence electrons. The van der Waals surface area contributed by atoms with Crippen molar-refractivity contribution in [2.24, 2.45) is 5.41 Å². The molecule has 0 unspecified atom stereocenters. The number of anilines is 2. The van der Waals surface area contributed by atoms with Gasteiger partial charge in [0.15, 0.2) is 18.2 Å². The Kier molecular flexibility index (Phi) is 7.32. The molecule has 0 aromatic carbocycles. The molecule has 1 fully saturated rings. The molecule has 10 heteroatoms. The molecule has 0 bridgehead atoms.